The standard InChI is InChI=1S/C23H35N3O4/c1-29-21-7-3-2-6-19(21)25-16-14-24(15-17-25)13-10-18-8-9-20(27)22(30-18)23(28)26-11-4-5-12-26/h2-3,6-7,18,20,22,27H,4-5,8-17H2,1H3/t18-,20+,22+/m1/s1. The second kappa shape index (κ2) is 9.98. The van der Waals surface area contributed by atoms with Gasteiger partial charge >= 0.3 is 0 Å². The predicted octanol–water partition coefficient (Wildman–Crippen LogP) is 1.74. The number of para-hydroxylation sites is 2. The molecule has 3 fully saturated rings. The summed E-state index contributed by atoms with van der Waals surface area (Å²) in [6, 6.07) is 8.18. The molecule has 0 radical (unpaired) electrons. The highest BCUT2D eigenvalue weighted by molar-refractivity contribution is 5.82. The van der Waals surface area contributed by atoms with Crippen LogP contribution in [-0.2, 0) is 9.53 Å². The van der Waals surface area contributed by atoms with Crippen LogP contribution in [0.2, 0.25) is 0 Å². The second-order valence-corrected chi connectivity index (χ2v) is 8.64. The van der Waals surface area contributed by atoms with Crippen molar-refractivity contribution >= 4 is 11.6 Å². The van der Waals surface area contributed by atoms with Gasteiger partial charge in [-0.2, -0.15) is 0 Å². The number of methoxy groups -OCH3 is 1. The average Bonchev–Trinajstić information content (AvgIpc) is 3.33. The lowest BCUT2D eigenvalue weighted by Crippen LogP contribution is -2.51. The summed E-state index contributed by atoms with van der Waals surface area (Å²) in [6.45, 7) is 6.51. The summed E-state index contributed by atoms with van der Waals surface area (Å²) >= 11 is 0. The van der Waals surface area contributed by atoms with Gasteiger partial charge in [-0.1, -0.05) is 12.1 Å². The quantitative estimate of drug-likeness (QED) is 0.761. The van der Waals surface area contributed by atoms with E-state index in [-0.39, 0.29) is 12.0 Å². The molecule has 0 aliphatic carbocycles. The van der Waals surface area contributed by atoms with E-state index in [0.717, 1.165) is 82.9 Å². The van der Waals surface area contributed by atoms with Gasteiger partial charge in [-0.15, -0.1) is 0 Å². The number of piperazine rings is 1. The maximum absolute atomic E-state index is 12.7. The van der Waals surface area contributed by atoms with Crippen LogP contribution in [0, 0.1) is 0 Å². The Morgan fingerprint density at radius 3 is 2.57 bits per heavy atom. The topological polar surface area (TPSA) is 65.5 Å². The number of anilines is 1. The number of amides is 1. The van der Waals surface area contributed by atoms with Crippen molar-refractivity contribution in [1.29, 1.82) is 0 Å². The van der Waals surface area contributed by atoms with Crippen molar-refractivity contribution in [3.63, 3.8) is 0 Å². The number of hydrogen-bond donors (Lipinski definition) is 1. The van der Waals surface area contributed by atoms with E-state index in [1.165, 1.54) is 0 Å². The average molecular weight is 418 g/mol. The van der Waals surface area contributed by atoms with E-state index >= 15 is 0 Å². The molecule has 0 saturated carbocycles. The van der Waals surface area contributed by atoms with E-state index in [9.17, 15) is 9.90 Å². The fourth-order valence-electron chi connectivity index (χ4n) is 4.86. The Labute approximate surface area is 179 Å². The molecule has 7 heteroatoms. The Hall–Kier alpha value is -1.83. The van der Waals surface area contributed by atoms with Gasteiger partial charge in [-0.05, 0) is 44.2 Å². The number of rotatable bonds is 6. The number of ether oxygens (including phenoxy) is 2. The van der Waals surface area contributed by atoms with Crippen LogP contribution in [0.25, 0.3) is 0 Å². The SMILES string of the molecule is COc1ccccc1N1CCN(CC[C@H]2CC[C@H](O)[C@@H](C(=O)N3CCCC3)O2)CC1. The Balaban J connectivity index is 1.24. The van der Waals surface area contributed by atoms with Crippen molar-refractivity contribution < 1.29 is 19.4 Å². The Kier molecular flexibility index (Phi) is 7.12. The lowest BCUT2D eigenvalue weighted by molar-refractivity contribution is -0.167. The minimum atomic E-state index is -0.677. The molecule has 3 aliphatic rings. The zero-order valence-electron chi connectivity index (χ0n) is 18.0. The van der Waals surface area contributed by atoms with Crippen molar-refractivity contribution in [2.24, 2.45) is 0 Å². The third-order valence-corrected chi connectivity index (χ3v) is 6.70. The second-order valence-electron chi connectivity index (χ2n) is 8.64. The number of benzene rings is 1. The molecule has 7 nitrogen and oxygen atoms in total. The van der Waals surface area contributed by atoms with Crippen LogP contribution in [0.4, 0.5) is 5.69 Å². The molecule has 0 bridgehead atoms. The molecule has 1 N–H and O–H groups in total. The third-order valence-electron chi connectivity index (χ3n) is 6.70. The molecule has 30 heavy (non-hydrogen) atoms. The summed E-state index contributed by atoms with van der Waals surface area (Å²) in [4.78, 5) is 19.4. The fraction of sp³-hybridized carbons (Fsp3) is 0.696. The number of aliphatic hydroxyl groups is 1. The Morgan fingerprint density at radius 1 is 1.10 bits per heavy atom. The zero-order chi connectivity index (χ0) is 20.9. The summed E-state index contributed by atoms with van der Waals surface area (Å²) in [7, 11) is 1.72. The number of carbonyl (C=O) groups is 1. The van der Waals surface area contributed by atoms with Gasteiger partial charge in [0.1, 0.15) is 5.75 Å². The molecule has 1 amide bonds. The van der Waals surface area contributed by atoms with Gasteiger partial charge in [0.2, 0.25) is 0 Å². The number of nitrogens with zero attached hydrogens (tertiary/aromatic N) is 3. The monoisotopic (exact) mass is 417 g/mol. The van der Waals surface area contributed by atoms with Crippen molar-refractivity contribution in [2.45, 2.75) is 50.4 Å². The van der Waals surface area contributed by atoms with Gasteiger partial charge in [-0.25, -0.2) is 0 Å². The molecule has 0 aromatic heterocycles. The largest absolute Gasteiger partial charge is 0.495 e. The van der Waals surface area contributed by atoms with Crippen molar-refractivity contribution in [3.8, 4) is 5.75 Å². The first-order valence-electron chi connectivity index (χ1n) is 11.4. The van der Waals surface area contributed by atoms with Gasteiger partial charge < -0.3 is 24.4 Å². The number of aliphatic hydroxyl groups excluding tert-OH is 1. The van der Waals surface area contributed by atoms with Crippen molar-refractivity contribution in [2.75, 3.05) is 57.8 Å². The maximum Gasteiger partial charge on any atom is 0.254 e. The summed E-state index contributed by atoms with van der Waals surface area (Å²) in [5.41, 5.74) is 1.16. The fourth-order valence-corrected chi connectivity index (χ4v) is 4.86. The molecule has 0 unspecified atom stereocenters. The first kappa shape index (κ1) is 21.4. The molecule has 166 valence electrons. The molecule has 3 atom stereocenters. The normalized spacial score (nSPS) is 28.0. The Morgan fingerprint density at radius 2 is 1.83 bits per heavy atom. The van der Waals surface area contributed by atoms with Gasteiger partial charge in [-0.3, -0.25) is 9.69 Å². The first-order chi connectivity index (χ1) is 14.7. The molecule has 3 heterocycles. The third kappa shape index (κ3) is 4.90. The summed E-state index contributed by atoms with van der Waals surface area (Å²) in [5.74, 6) is 0.906. The lowest BCUT2D eigenvalue weighted by atomic mass is 9.98. The molecule has 4 rings (SSSR count). The molecule has 0 spiro atoms. The Bertz CT molecular complexity index is 701. The minimum absolute atomic E-state index is 0.0184. The van der Waals surface area contributed by atoms with E-state index < -0.39 is 12.2 Å². The van der Waals surface area contributed by atoms with E-state index in [1.807, 2.05) is 17.0 Å². The highest BCUT2D eigenvalue weighted by atomic mass is 16.5. The van der Waals surface area contributed by atoms with Gasteiger partial charge in [0.25, 0.3) is 5.91 Å². The van der Waals surface area contributed by atoms with E-state index in [1.54, 1.807) is 7.11 Å². The molecule has 1 aromatic rings. The van der Waals surface area contributed by atoms with Gasteiger partial charge in [0.05, 0.1) is 25.0 Å². The molecular weight excluding hydrogens is 382 g/mol. The van der Waals surface area contributed by atoms with Crippen LogP contribution in [0.15, 0.2) is 24.3 Å². The highest BCUT2D eigenvalue weighted by Gasteiger charge is 2.38. The molecule has 3 aliphatic heterocycles. The minimum Gasteiger partial charge on any atom is -0.495 e. The van der Waals surface area contributed by atoms with Crippen LogP contribution in [-0.4, -0.2) is 92.0 Å². The first-order valence-corrected chi connectivity index (χ1v) is 11.4. The van der Waals surface area contributed by atoms with Crippen LogP contribution < -0.4 is 9.64 Å². The van der Waals surface area contributed by atoms with Gasteiger partial charge in [0.15, 0.2) is 6.10 Å². The van der Waals surface area contributed by atoms with E-state index in [2.05, 4.69) is 21.9 Å². The molecule has 3 saturated heterocycles. The summed E-state index contributed by atoms with van der Waals surface area (Å²) < 4.78 is 11.6. The summed E-state index contributed by atoms with van der Waals surface area (Å²) in [6.07, 6.45) is 3.20. The van der Waals surface area contributed by atoms with Crippen molar-refractivity contribution in [3.05, 3.63) is 24.3 Å². The van der Waals surface area contributed by atoms with E-state index in [0.29, 0.717) is 6.42 Å². The number of carbonyl (C=O) groups excluding carboxylic acids is 1. The zero-order valence-corrected chi connectivity index (χ0v) is 18.0. The lowest BCUT2D eigenvalue weighted by Gasteiger charge is -2.38. The van der Waals surface area contributed by atoms with E-state index in [4.69, 9.17) is 9.47 Å². The molecular formula is C23H35N3O4. The molecule has 1 aromatic carbocycles. The van der Waals surface area contributed by atoms with Crippen LogP contribution in [0.5, 0.6) is 5.75 Å². The van der Waals surface area contributed by atoms with Crippen molar-refractivity contribution in [1.82, 2.24) is 9.80 Å². The maximum atomic E-state index is 12.7. The summed E-state index contributed by atoms with van der Waals surface area (Å²) in [5, 5.41) is 10.3. The van der Waals surface area contributed by atoms with Crippen LogP contribution in [0.1, 0.15) is 32.1 Å². The predicted molar refractivity (Wildman–Crippen MR) is 116 cm³/mol. The number of hydrogen-bond acceptors (Lipinski definition) is 6. The van der Waals surface area contributed by atoms with Gasteiger partial charge in [0, 0.05) is 45.8 Å². The number of likely N-dealkylation sites (tertiary alicyclic amines) is 1. The van der Waals surface area contributed by atoms with Crippen LogP contribution >= 0.6 is 0 Å². The van der Waals surface area contributed by atoms with Crippen LogP contribution in [0.3, 0.4) is 0 Å². The highest BCUT2D eigenvalue weighted by Crippen LogP contribution is 2.29. The smallest absolute Gasteiger partial charge is 0.254 e.